The van der Waals surface area contributed by atoms with E-state index in [1.165, 1.54) is 11.3 Å². The Balaban J connectivity index is 1.32. The van der Waals surface area contributed by atoms with Gasteiger partial charge in [-0.25, -0.2) is 19.7 Å². The third-order valence-corrected chi connectivity index (χ3v) is 6.82. The lowest BCUT2D eigenvalue weighted by Crippen LogP contribution is -2.46. The van der Waals surface area contributed by atoms with Crippen LogP contribution in [0, 0.1) is 6.92 Å². The summed E-state index contributed by atoms with van der Waals surface area (Å²) in [6, 6.07) is 6.04. The lowest BCUT2D eigenvalue weighted by molar-refractivity contribution is 0.0531. The second kappa shape index (κ2) is 8.24. The van der Waals surface area contributed by atoms with Crippen molar-refractivity contribution in [3.63, 3.8) is 0 Å². The normalized spacial score (nSPS) is 15.1. The molecular formula is C22H24N6O2S. The number of hydrogen-bond donors (Lipinski definition) is 0. The molecule has 1 fully saturated rings. The van der Waals surface area contributed by atoms with Gasteiger partial charge in [0.1, 0.15) is 27.5 Å². The van der Waals surface area contributed by atoms with Gasteiger partial charge in [0.2, 0.25) is 0 Å². The standard InChI is InChI=1S/C22H24N6O2S/c1-3-30-22(29)19-15(2)18-20(23-14-24-21(18)31-19)27-10-8-26(9-11-27)12-16-13-28-7-5-4-6-17(28)25-16/h4-7,13-14H,3,8-12H2,1-2H3. The molecule has 0 unspecified atom stereocenters. The number of aryl methyl sites for hydroxylation is 1. The molecule has 0 aliphatic carbocycles. The third-order valence-electron chi connectivity index (χ3n) is 5.64. The Morgan fingerprint density at radius 2 is 2.03 bits per heavy atom. The minimum atomic E-state index is -0.286. The Kier molecular flexibility index (Phi) is 5.29. The van der Waals surface area contributed by atoms with Gasteiger partial charge in [0.25, 0.3) is 0 Å². The van der Waals surface area contributed by atoms with Gasteiger partial charge in [-0.2, -0.15) is 0 Å². The van der Waals surface area contributed by atoms with Gasteiger partial charge < -0.3 is 14.0 Å². The summed E-state index contributed by atoms with van der Waals surface area (Å²) < 4.78 is 7.27. The van der Waals surface area contributed by atoms with Crippen LogP contribution in [0.4, 0.5) is 5.82 Å². The smallest absolute Gasteiger partial charge is 0.348 e. The first-order chi connectivity index (χ1) is 15.1. The van der Waals surface area contributed by atoms with Crippen LogP contribution >= 0.6 is 11.3 Å². The monoisotopic (exact) mass is 436 g/mol. The summed E-state index contributed by atoms with van der Waals surface area (Å²) in [7, 11) is 0. The number of fused-ring (bicyclic) bond motifs is 2. The summed E-state index contributed by atoms with van der Waals surface area (Å²) in [5, 5.41) is 0.962. The van der Waals surface area contributed by atoms with E-state index in [4.69, 9.17) is 9.72 Å². The average molecular weight is 437 g/mol. The second-order valence-corrected chi connectivity index (χ2v) is 8.61. The number of carbonyl (C=O) groups is 1. The molecule has 4 aromatic rings. The van der Waals surface area contributed by atoms with Crippen molar-refractivity contribution < 1.29 is 9.53 Å². The molecule has 0 N–H and O–H groups in total. The zero-order valence-corrected chi connectivity index (χ0v) is 18.4. The Labute approximate surface area is 184 Å². The molecule has 5 rings (SSSR count). The molecule has 0 radical (unpaired) electrons. The minimum absolute atomic E-state index is 0.286. The summed E-state index contributed by atoms with van der Waals surface area (Å²) in [6.07, 6.45) is 5.71. The van der Waals surface area contributed by atoms with Crippen LogP contribution < -0.4 is 4.90 Å². The van der Waals surface area contributed by atoms with E-state index in [0.29, 0.717) is 11.5 Å². The third kappa shape index (κ3) is 3.75. The van der Waals surface area contributed by atoms with E-state index in [0.717, 1.165) is 65.7 Å². The zero-order valence-electron chi connectivity index (χ0n) is 17.6. The fourth-order valence-electron chi connectivity index (χ4n) is 4.09. The lowest BCUT2D eigenvalue weighted by atomic mass is 10.2. The predicted molar refractivity (Wildman–Crippen MR) is 121 cm³/mol. The van der Waals surface area contributed by atoms with Crippen molar-refractivity contribution in [3.05, 3.63) is 53.1 Å². The molecule has 1 aliphatic rings. The fraction of sp³-hybridized carbons (Fsp3) is 0.364. The topological polar surface area (TPSA) is 75.9 Å². The van der Waals surface area contributed by atoms with Gasteiger partial charge in [0.15, 0.2) is 0 Å². The van der Waals surface area contributed by atoms with Crippen LogP contribution in [-0.4, -0.2) is 63.0 Å². The Morgan fingerprint density at radius 1 is 1.19 bits per heavy atom. The first kappa shape index (κ1) is 19.9. The molecule has 9 heteroatoms. The van der Waals surface area contributed by atoms with Crippen LogP contribution in [0.5, 0.6) is 0 Å². The van der Waals surface area contributed by atoms with Crippen molar-refractivity contribution in [1.29, 1.82) is 0 Å². The van der Waals surface area contributed by atoms with Gasteiger partial charge in [0, 0.05) is 45.1 Å². The number of rotatable bonds is 5. The molecule has 0 saturated carbocycles. The Hall–Kier alpha value is -3.04. The lowest BCUT2D eigenvalue weighted by Gasteiger charge is -2.35. The highest BCUT2D eigenvalue weighted by Gasteiger charge is 2.25. The summed E-state index contributed by atoms with van der Waals surface area (Å²) >= 11 is 1.38. The van der Waals surface area contributed by atoms with Crippen molar-refractivity contribution in [2.24, 2.45) is 0 Å². The maximum atomic E-state index is 12.3. The molecule has 1 saturated heterocycles. The number of esters is 1. The molecule has 8 nitrogen and oxygen atoms in total. The highest BCUT2D eigenvalue weighted by Crippen LogP contribution is 2.35. The molecule has 31 heavy (non-hydrogen) atoms. The number of imidazole rings is 1. The molecule has 1 aliphatic heterocycles. The van der Waals surface area contributed by atoms with E-state index in [2.05, 4.69) is 30.4 Å². The van der Waals surface area contributed by atoms with Crippen molar-refractivity contribution in [3.8, 4) is 0 Å². The first-order valence-corrected chi connectivity index (χ1v) is 11.3. The number of nitrogens with zero attached hydrogens (tertiary/aromatic N) is 6. The van der Waals surface area contributed by atoms with Gasteiger partial charge in [-0.15, -0.1) is 11.3 Å². The zero-order chi connectivity index (χ0) is 21.4. The number of carbonyl (C=O) groups excluding carboxylic acids is 1. The highest BCUT2D eigenvalue weighted by atomic mass is 32.1. The van der Waals surface area contributed by atoms with Crippen LogP contribution in [0.15, 0.2) is 36.9 Å². The molecule has 0 spiro atoms. The SMILES string of the molecule is CCOC(=O)c1sc2ncnc(N3CCN(Cc4cn5ccccc5n4)CC3)c2c1C. The average Bonchev–Trinajstić information content (AvgIpc) is 3.35. The maximum absolute atomic E-state index is 12.3. The van der Waals surface area contributed by atoms with E-state index in [-0.39, 0.29) is 5.97 Å². The van der Waals surface area contributed by atoms with Crippen LogP contribution in [0.2, 0.25) is 0 Å². The van der Waals surface area contributed by atoms with Gasteiger partial charge in [-0.05, 0) is 31.5 Å². The van der Waals surface area contributed by atoms with Crippen LogP contribution in [0.3, 0.4) is 0 Å². The van der Waals surface area contributed by atoms with E-state index in [9.17, 15) is 4.79 Å². The van der Waals surface area contributed by atoms with Gasteiger partial charge in [0.05, 0.1) is 17.7 Å². The molecule has 160 valence electrons. The van der Waals surface area contributed by atoms with E-state index in [1.54, 1.807) is 6.33 Å². The summed E-state index contributed by atoms with van der Waals surface area (Å²) in [5.41, 5.74) is 2.96. The molecule has 4 aromatic heterocycles. The molecule has 5 heterocycles. The first-order valence-electron chi connectivity index (χ1n) is 10.4. The second-order valence-electron chi connectivity index (χ2n) is 7.62. The Bertz CT molecular complexity index is 1210. The molecular weight excluding hydrogens is 412 g/mol. The van der Waals surface area contributed by atoms with Crippen molar-refractivity contribution in [2.75, 3.05) is 37.7 Å². The predicted octanol–water partition coefficient (Wildman–Crippen LogP) is 3.15. The van der Waals surface area contributed by atoms with E-state index in [1.807, 2.05) is 38.2 Å². The summed E-state index contributed by atoms with van der Waals surface area (Å²) in [6.45, 7) is 8.54. The van der Waals surface area contributed by atoms with Crippen LogP contribution in [-0.2, 0) is 11.3 Å². The number of thiophene rings is 1. The Morgan fingerprint density at radius 3 is 2.81 bits per heavy atom. The van der Waals surface area contributed by atoms with Crippen molar-refractivity contribution in [2.45, 2.75) is 20.4 Å². The van der Waals surface area contributed by atoms with E-state index < -0.39 is 0 Å². The minimum Gasteiger partial charge on any atom is -0.462 e. The van der Waals surface area contributed by atoms with Crippen molar-refractivity contribution >= 4 is 39.0 Å². The van der Waals surface area contributed by atoms with Gasteiger partial charge in [-0.1, -0.05) is 6.07 Å². The number of piperazine rings is 1. The molecule has 0 bridgehead atoms. The molecule has 0 atom stereocenters. The number of hydrogen-bond acceptors (Lipinski definition) is 8. The number of anilines is 1. The van der Waals surface area contributed by atoms with Gasteiger partial charge >= 0.3 is 5.97 Å². The molecule has 0 amide bonds. The van der Waals surface area contributed by atoms with Gasteiger partial charge in [-0.3, -0.25) is 4.90 Å². The van der Waals surface area contributed by atoms with Crippen LogP contribution in [0.25, 0.3) is 15.9 Å². The van der Waals surface area contributed by atoms with Crippen LogP contribution in [0.1, 0.15) is 27.9 Å². The maximum Gasteiger partial charge on any atom is 0.348 e. The quantitative estimate of drug-likeness (QED) is 0.445. The summed E-state index contributed by atoms with van der Waals surface area (Å²) in [4.78, 5) is 32.2. The number of ether oxygens (including phenoxy) is 1. The fourth-order valence-corrected chi connectivity index (χ4v) is 5.13. The number of pyridine rings is 1. The van der Waals surface area contributed by atoms with Crippen molar-refractivity contribution in [1.82, 2.24) is 24.3 Å². The largest absolute Gasteiger partial charge is 0.462 e. The summed E-state index contributed by atoms with van der Waals surface area (Å²) in [5.74, 6) is 0.618. The number of aromatic nitrogens is 4. The molecule has 0 aromatic carbocycles. The highest BCUT2D eigenvalue weighted by molar-refractivity contribution is 7.20. The van der Waals surface area contributed by atoms with E-state index >= 15 is 0 Å².